The van der Waals surface area contributed by atoms with Crippen molar-refractivity contribution in [1.82, 2.24) is 10.4 Å². The number of methoxy groups -OCH3 is 2. The Morgan fingerprint density at radius 3 is 2.44 bits per heavy atom. The van der Waals surface area contributed by atoms with E-state index in [1.807, 2.05) is 0 Å². The summed E-state index contributed by atoms with van der Waals surface area (Å²) in [6.07, 6.45) is 1.36. The molecule has 1 heterocycles. The van der Waals surface area contributed by atoms with E-state index in [4.69, 9.17) is 9.47 Å². The number of sulfonamides is 1. The zero-order valence-electron chi connectivity index (χ0n) is 22.7. The van der Waals surface area contributed by atoms with Crippen molar-refractivity contribution in [2.75, 3.05) is 24.3 Å². The number of phenols is 1. The zero-order chi connectivity index (χ0) is 30.6. The Labute approximate surface area is 249 Å². The fourth-order valence-electron chi connectivity index (χ4n) is 3.94. The van der Waals surface area contributed by atoms with E-state index in [2.05, 4.69) is 25.6 Å². The molecule has 1 aromatic heterocycles. The van der Waals surface area contributed by atoms with Crippen LogP contribution in [0.15, 0.2) is 88.9 Å². The Balaban J connectivity index is 1.38. The molecular weight excluding hydrogens is 597 g/mol. The second-order valence-corrected chi connectivity index (χ2v) is 11.6. The number of amides is 1. The van der Waals surface area contributed by atoms with Gasteiger partial charge < -0.3 is 19.9 Å². The van der Waals surface area contributed by atoms with Crippen LogP contribution in [0, 0.1) is 5.82 Å². The number of hydrazone groups is 1. The lowest BCUT2D eigenvalue weighted by molar-refractivity contribution is 0.0952. The number of benzene rings is 4. The number of nitrogens with zero attached hydrogens (tertiary/aromatic N) is 2. The Bertz CT molecular complexity index is 1930. The minimum Gasteiger partial charge on any atom is -0.508 e. The molecule has 0 spiro atoms. The molecule has 0 radical (unpaired) electrons. The van der Waals surface area contributed by atoms with Crippen LogP contribution < -0.4 is 24.9 Å². The molecule has 4 N–H and O–H groups in total. The lowest BCUT2D eigenvalue weighted by Crippen LogP contribution is -2.20. The number of hydrogen-bond donors (Lipinski definition) is 4. The van der Waals surface area contributed by atoms with Crippen LogP contribution in [0.25, 0.3) is 10.2 Å². The Morgan fingerprint density at radius 2 is 1.74 bits per heavy atom. The number of carbonyl (C=O) groups excluding carboxylic acids is 1. The first-order valence-electron chi connectivity index (χ1n) is 12.5. The van der Waals surface area contributed by atoms with Gasteiger partial charge in [-0.15, -0.1) is 0 Å². The SMILES string of the molecule is COc1ccc(Nc2c(F)ccc3nc(NS(=O)(=O)c4ccc(OC)c(C(=O)N/N=C/c5ccc(O)cc5)c4)sc23)cc1. The summed E-state index contributed by atoms with van der Waals surface area (Å²) in [5, 5.41) is 16.3. The van der Waals surface area contributed by atoms with E-state index in [9.17, 15) is 22.7 Å². The molecule has 0 aliphatic heterocycles. The van der Waals surface area contributed by atoms with Gasteiger partial charge in [0.2, 0.25) is 0 Å². The predicted molar refractivity (Wildman–Crippen MR) is 163 cm³/mol. The number of thiazole rings is 1. The summed E-state index contributed by atoms with van der Waals surface area (Å²) in [5.41, 5.74) is 3.98. The molecule has 0 saturated heterocycles. The lowest BCUT2D eigenvalue weighted by atomic mass is 10.2. The molecular formula is C29H24FN5O6S2. The first kappa shape index (κ1) is 29.3. The Hall–Kier alpha value is -5.21. The smallest absolute Gasteiger partial charge is 0.275 e. The summed E-state index contributed by atoms with van der Waals surface area (Å²) in [4.78, 5) is 16.9. The molecule has 220 valence electrons. The van der Waals surface area contributed by atoms with Gasteiger partial charge in [0.1, 0.15) is 23.1 Å². The number of rotatable bonds is 10. The molecule has 5 aromatic rings. The van der Waals surface area contributed by atoms with Gasteiger partial charge in [-0.25, -0.2) is 23.2 Å². The maximum absolute atomic E-state index is 14.8. The van der Waals surface area contributed by atoms with Gasteiger partial charge in [-0.2, -0.15) is 5.10 Å². The van der Waals surface area contributed by atoms with Crippen LogP contribution in [0.4, 0.5) is 20.9 Å². The van der Waals surface area contributed by atoms with Crippen molar-refractivity contribution in [2.45, 2.75) is 4.90 Å². The molecule has 1 amide bonds. The summed E-state index contributed by atoms with van der Waals surface area (Å²) in [5.74, 6) is -0.407. The zero-order valence-corrected chi connectivity index (χ0v) is 24.3. The number of halogens is 1. The van der Waals surface area contributed by atoms with Crippen LogP contribution in [0.1, 0.15) is 15.9 Å². The number of aromatic nitrogens is 1. The van der Waals surface area contributed by atoms with Crippen LogP contribution in [0.2, 0.25) is 0 Å². The van der Waals surface area contributed by atoms with Crippen molar-refractivity contribution in [2.24, 2.45) is 5.10 Å². The molecule has 4 aromatic carbocycles. The molecule has 0 unspecified atom stereocenters. The molecule has 5 rings (SSSR count). The second kappa shape index (κ2) is 12.3. The summed E-state index contributed by atoms with van der Waals surface area (Å²) in [6, 6.07) is 19.5. The van der Waals surface area contributed by atoms with Crippen molar-refractivity contribution in [3.8, 4) is 17.2 Å². The molecule has 0 aliphatic rings. The van der Waals surface area contributed by atoms with Gasteiger partial charge in [0.15, 0.2) is 5.13 Å². The minimum absolute atomic E-state index is 0.00121. The predicted octanol–water partition coefficient (Wildman–Crippen LogP) is 5.47. The third kappa shape index (κ3) is 6.66. The highest BCUT2D eigenvalue weighted by Crippen LogP contribution is 2.37. The highest BCUT2D eigenvalue weighted by atomic mass is 32.2. The van der Waals surface area contributed by atoms with Crippen molar-refractivity contribution in [1.29, 1.82) is 0 Å². The van der Waals surface area contributed by atoms with Crippen LogP contribution in [-0.4, -0.2) is 44.8 Å². The number of fused-ring (bicyclic) bond motifs is 1. The molecule has 14 heteroatoms. The largest absolute Gasteiger partial charge is 0.508 e. The number of hydrogen-bond acceptors (Lipinski definition) is 10. The van der Waals surface area contributed by atoms with E-state index in [0.29, 0.717) is 27.2 Å². The normalized spacial score (nSPS) is 11.4. The van der Waals surface area contributed by atoms with Gasteiger partial charge in [-0.05, 0) is 84.4 Å². The van der Waals surface area contributed by atoms with Crippen LogP contribution in [0.5, 0.6) is 17.2 Å². The van der Waals surface area contributed by atoms with Crippen molar-refractivity contribution < 1.29 is 32.2 Å². The van der Waals surface area contributed by atoms with Crippen LogP contribution >= 0.6 is 11.3 Å². The molecule has 0 atom stereocenters. The first-order valence-corrected chi connectivity index (χ1v) is 14.8. The monoisotopic (exact) mass is 621 g/mol. The van der Waals surface area contributed by atoms with E-state index >= 15 is 0 Å². The number of carbonyl (C=O) groups is 1. The quantitative estimate of drug-likeness (QED) is 0.118. The Morgan fingerprint density at radius 1 is 1.00 bits per heavy atom. The van der Waals surface area contributed by atoms with Gasteiger partial charge in [0.05, 0.1) is 46.8 Å². The van der Waals surface area contributed by atoms with Gasteiger partial charge in [0.25, 0.3) is 15.9 Å². The summed E-state index contributed by atoms with van der Waals surface area (Å²) < 4.78 is 54.7. The number of ether oxygens (including phenoxy) is 2. The van der Waals surface area contributed by atoms with Gasteiger partial charge in [-0.1, -0.05) is 11.3 Å². The highest BCUT2D eigenvalue weighted by Gasteiger charge is 2.22. The average Bonchev–Trinajstić information content (AvgIpc) is 3.41. The number of anilines is 3. The van der Waals surface area contributed by atoms with Crippen LogP contribution in [0.3, 0.4) is 0 Å². The first-order chi connectivity index (χ1) is 20.7. The number of aromatic hydroxyl groups is 1. The topological polar surface area (TPSA) is 151 Å². The molecule has 0 saturated carbocycles. The van der Waals surface area contributed by atoms with E-state index in [1.54, 1.807) is 43.5 Å². The number of nitrogens with one attached hydrogen (secondary N) is 3. The van der Waals surface area contributed by atoms with Gasteiger partial charge in [0, 0.05) is 5.69 Å². The summed E-state index contributed by atoms with van der Waals surface area (Å²) in [7, 11) is -1.34. The van der Waals surface area contributed by atoms with E-state index in [-0.39, 0.29) is 32.8 Å². The number of phenolic OH excluding ortho intramolecular Hbond substituents is 1. The third-order valence-corrected chi connectivity index (χ3v) is 8.56. The maximum Gasteiger partial charge on any atom is 0.275 e. The van der Waals surface area contributed by atoms with Gasteiger partial charge in [-0.3, -0.25) is 9.52 Å². The molecule has 11 nitrogen and oxygen atoms in total. The summed E-state index contributed by atoms with van der Waals surface area (Å²) >= 11 is 0.947. The molecule has 43 heavy (non-hydrogen) atoms. The van der Waals surface area contributed by atoms with Crippen LogP contribution in [-0.2, 0) is 10.0 Å². The third-order valence-electron chi connectivity index (χ3n) is 6.09. The second-order valence-electron chi connectivity index (χ2n) is 8.90. The van der Waals surface area contributed by atoms with Crippen molar-refractivity contribution in [3.05, 3.63) is 95.8 Å². The van der Waals surface area contributed by atoms with Crippen molar-refractivity contribution in [3.63, 3.8) is 0 Å². The highest BCUT2D eigenvalue weighted by molar-refractivity contribution is 7.93. The average molecular weight is 622 g/mol. The molecule has 0 fully saturated rings. The van der Waals surface area contributed by atoms with Crippen molar-refractivity contribution >= 4 is 60.2 Å². The van der Waals surface area contributed by atoms with E-state index < -0.39 is 21.7 Å². The molecule has 0 aliphatic carbocycles. The van der Waals surface area contributed by atoms with E-state index in [0.717, 1.165) is 17.4 Å². The van der Waals surface area contributed by atoms with Gasteiger partial charge >= 0.3 is 0 Å². The fourth-order valence-corrected chi connectivity index (χ4v) is 6.15. The minimum atomic E-state index is -4.23. The Kier molecular flexibility index (Phi) is 8.41. The maximum atomic E-state index is 14.8. The fraction of sp³-hybridized carbons (Fsp3) is 0.0690. The summed E-state index contributed by atoms with van der Waals surface area (Å²) in [6.45, 7) is 0. The lowest BCUT2D eigenvalue weighted by Gasteiger charge is -2.10. The van der Waals surface area contributed by atoms with E-state index in [1.165, 1.54) is 49.7 Å². The standard InChI is InChI=1S/C29H24FN5O6S2/c1-40-20-9-5-18(6-10-20)32-26-23(30)12-13-24-27(26)42-29(33-24)35-43(38,39)21-11-14-25(41-2)22(15-21)28(37)34-31-16-17-3-7-19(36)8-4-17/h3-16,32,36H,1-2H3,(H,33,35)(H,34,37)/b31-16+. The molecule has 0 bridgehead atoms.